The second-order valence-electron chi connectivity index (χ2n) is 9.13. The summed E-state index contributed by atoms with van der Waals surface area (Å²) in [6, 6.07) is 8.62. The molecule has 35 heavy (non-hydrogen) atoms. The van der Waals surface area contributed by atoms with E-state index in [9.17, 15) is 0 Å². The van der Waals surface area contributed by atoms with E-state index in [0.717, 1.165) is 44.2 Å². The van der Waals surface area contributed by atoms with E-state index in [1.54, 1.807) is 7.11 Å². The van der Waals surface area contributed by atoms with Gasteiger partial charge in [0.1, 0.15) is 0 Å². The van der Waals surface area contributed by atoms with Gasteiger partial charge in [-0.15, -0.1) is 8.58 Å². The average Bonchev–Trinajstić information content (AvgIpc) is 2.84. The lowest BCUT2D eigenvalue weighted by Gasteiger charge is -2.19. The van der Waals surface area contributed by atoms with E-state index in [1.165, 1.54) is 22.3 Å². The van der Waals surface area contributed by atoms with Gasteiger partial charge in [-0.3, -0.25) is 4.99 Å². The number of nitrogens with one attached hydrogen (secondary N) is 1. The molecule has 1 rings (SSSR count). The Morgan fingerprint density at radius 2 is 1.86 bits per heavy atom. The predicted molar refractivity (Wildman–Crippen MR) is 159 cm³/mol. The van der Waals surface area contributed by atoms with Gasteiger partial charge < -0.3 is 10.1 Å². The fourth-order valence-corrected chi connectivity index (χ4v) is 4.90. The molecule has 192 valence electrons. The predicted octanol–water partition coefficient (Wildman–Crippen LogP) is 8.67. The SMILES string of the molecule is C=C/C=C(\C=C(\C)C(C)CC)NC(/C=C(/COC)N=C(C)C(PC)c1ccccc1C)=C(C)CC. The van der Waals surface area contributed by atoms with Crippen molar-refractivity contribution in [2.75, 3.05) is 20.4 Å². The summed E-state index contributed by atoms with van der Waals surface area (Å²) in [6.45, 7) is 22.0. The minimum atomic E-state index is 0.307. The van der Waals surface area contributed by atoms with E-state index in [2.05, 4.69) is 103 Å². The highest BCUT2D eigenvalue weighted by Gasteiger charge is 2.16. The molecule has 0 aromatic heterocycles. The quantitative estimate of drug-likeness (QED) is 0.159. The van der Waals surface area contributed by atoms with Crippen LogP contribution in [0.3, 0.4) is 0 Å². The summed E-state index contributed by atoms with van der Waals surface area (Å²) in [6.07, 6.45) is 10.3. The minimum Gasteiger partial charge on any atom is -0.378 e. The lowest BCUT2D eigenvalue weighted by atomic mass is 9.99. The van der Waals surface area contributed by atoms with Gasteiger partial charge in [0.25, 0.3) is 0 Å². The largest absolute Gasteiger partial charge is 0.378 e. The Hall–Kier alpha value is -2.22. The molecular weight excluding hydrogens is 447 g/mol. The Balaban J connectivity index is 3.47. The third-order valence-electron chi connectivity index (χ3n) is 6.47. The maximum Gasteiger partial charge on any atom is 0.0884 e. The first kappa shape index (κ1) is 30.8. The topological polar surface area (TPSA) is 33.6 Å². The van der Waals surface area contributed by atoms with Gasteiger partial charge in [-0.1, -0.05) is 68.8 Å². The highest BCUT2D eigenvalue weighted by molar-refractivity contribution is 7.38. The number of hydrogen-bond donors (Lipinski definition) is 1. The molecule has 3 atom stereocenters. The number of hydrogen-bond acceptors (Lipinski definition) is 3. The van der Waals surface area contributed by atoms with Crippen LogP contribution in [-0.4, -0.2) is 26.1 Å². The number of nitrogens with zero attached hydrogens (tertiary/aromatic N) is 1. The molecule has 1 aromatic carbocycles. The van der Waals surface area contributed by atoms with Crippen molar-refractivity contribution in [3.63, 3.8) is 0 Å². The molecule has 0 saturated heterocycles. The zero-order chi connectivity index (χ0) is 26.4. The van der Waals surface area contributed by atoms with Crippen LogP contribution in [0.5, 0.6) is 0 Å². The van der Waals surface area contributed by atoms with E-state index in [1.807, 2.05) is 12.2 Å². The van der Waals surface area contributed by atoms with Crippen molar-refractivity contribution in [1.82, 2.24) is 5.32 Å². The van der Waals surface area contributed by atoms with Gasteiger partial charge in [0, 0.05) is 29.9 Å². The van der Waals surface area contributed by atoms with Crippen LogP contribution in [0.4, 0.5) is 0 Å². The third kappa shape index (κ3) is 10.1. The summed E-state index contributed by atoms with van der Waals surface area (Å²) in [4.78, 5) is 5.10. The summed E-state index contributed by atoms with van der Waals surface area (Å²) in [5.41, 5.74) is 9.71. The van der Waals surface area contributed by atoms with Crippen molar-refractivity contribution in [3.8, 4) is 0 Å². The van der Waals surface area contributed by atoms with Crippen molar-refractivity contribution >= 4 is 14.3 Å². The van der Waals surface area contributed by atoms with Crippen LogP contribution in [0.25, 0.3) is 0 Å². The molecule has 0 heterocycles. The van der Waals surface area contributed by atoms with Crippen LogP contribution in [-0.2, 0) is 4.74 Å². The zero-order valence-corrected chi connectivity index (χ0v) is 24.5. The Morgan fingerprint density at radius 1 is 1.17 bits per heavy atom. The Labute approximate surface area is 217 Å². The molecular formula is C31H47N2OP. The third-order valence-corrected chi connectivity index (χ3v) is 7.77. The van der Waals surface area contributed by atoms with Gasteiger partial charge in [0.05, 0.1) is 12.3 Å². The number of allylic oxidation sites excluding steroid dienone is 6. The van der Waals surface area contributed by atoms with Crippen LogP contribution in [0.2, 0.25) is 0 Å². The van der Waals surface area contributed by atoms with Crippen LogP contribution in [0.1, 0.15) is 71.2 Å². The molecule has 0 spiro atoms. The Bertz CT molecular complexity index is 981. The summed E-state index contributed by atoms with van der Waals surface area (Å²) < 4.78 is 5.56. The minimum absolute atomic E-state index is 0.307. The summed E-state index contributed by atoms with van der Waals surface area (Å²) >= 11 is 0. The van der Waals surface area contributed by atoms with Crippen LogP contribution in [0, 0.1) is 12.8 Å². The lowest BCUT2D eigenvalue weighted by molar-refractivity contribution is 0.225. The second kappa shape index (κ2) is 16.5. The fraction of sp³-hybridized carbons (Fsp3) is 0.452. The molecule has 3 unspecified atom stereocenters. The first-order chi connectivity index (χ1) is 16.7. The van der Waals surface area contributed by atoms with E-state index in [4.69, 9.17) is 9.73 Å². The van der Waals surface area contributed by atoms with Crippen molar-refractivity contribution in [2.24, 2.45) is 10.9 Å². The van der Waals surface area contributed by atoms with Crippen molar-refractivity contribution in [1.29, 1.82) is 0 Å². The molecule has 4 heteroatoms. The Morgan fingerprint density at radius 3 is 2.40 bits per heavy atom. The molecule has 0 aliphatic rings. The molecule has 0 amide bonds. The number of benzene rings is 1. The molecule has 3 nitrogen and oxygen atoms in total. The highest BCUT2D eigenvalue weighted by Crippen LogP contribution is 2.35. The van der Waals surface area contributed by atoms with Crippen molar-refractivity contribution in [3.05, 3.63) is 94.5 Å². The summed E-state index contributed by atoms with van der Waals surface area (Å²) in [7, 11) is 2.46. The van der Waals surface area contributed by atoms with Crippen LogP contribution in [0.15, 0.2) is 88.4 Å². The van der Waals surface area contributed by atoms with E-state index in [-0.39, 0.29) is 0 Å². The maximum absolute atomic E-state index is 5.56. The van der Waals surface area contributed by atoms with Gasteiger partial charge >= 0.3 is 0 Å². The molecule has 0 fully saturated rings. The summed E-state index contributed by atoms with van der Waals surface area (Å²) in [5.74, 6) is 0.532. The first-order valence-corrected chi connectivity index (χ1v) is 14.2. The fourth-order valence-electron chi connectivity index (χ4n) is 3.79. The van der Waals surface area contributed by atoms with Gasteiger partial charge in [-0.05, 0) is 82.5 Å². The molecule has 1 aromatic rings. The number of rotatable bonds is 14. The molecule has 0 saturated carbocycles. The molecule has 0 bridgehead atoms. The maximum atomic E-state index is 5.56. The van der Waals surface area contributed by atoms with Crippen LogP contribution < -0.4 is 5.32 Å². The zero-order valence-electron chi connectivity index (χ0n) is 23.5. The van der Waals surface area contributed by atoms with Crippen molar-refractivity contribution in [2.45, 2.75) is 67.0 Å². The molecule has 0 aliphatic heterocycles. The standard InChI is InChI=1S/C31H47N2OP/c1-11-16-27(19-25(7)22(4)12-2)33-30(23(5)13-3)20-28(21-34-9)32-26(8)31(35-10)29-18-15-14-17-24(29)6/h11,14-20,22,31,33,35H,1,12-13,21H2,2-10H3/b25-19-,27-16+,28-20-,30-23?,32-26?. The first-order valence-electron chi connectivity index (χ1n) is 12.7. The normalized spacial score (nSPS) is 16.4. The lowest BCUT2D eigenvalue weighted by Crippen LogP contribution is -2.14. The molecule has 0 aliphatic carbocycles. The summed E-state index contributed by atoms with van der Waals surface area (Å²) in [5, 5.41) is 3.66. The molecule has 0 radical (unpaired) electrons. The second-order valence-corrected chi connectivity index (χ2v) is 10.3. The Kier molecular flexibility index (Phi) is 14.5. The van der Waals surface area contributed by atoms with E-state index < -0.39 is 0 Å². The highest BCUT2D eigenvalue weighted by atomic mass is 31.1. The number of ether oxygens (including phenoxy) is 1. The average molecular weight is 495 g/mol. The smallest absolute Gasteiger partial charge is 0.0884 e. The van der Waals surface area contributed by atoms with Gasteiger partial charge in [-0.2, -0.15) is 0 Å². The van der Waals surface area contributed by atoms with Gasteiger partial charge in [-0.25, -0.2) is 0 Å². The monoisotopic (exact) mass is 494 g/mol. The van der Waals surface area contributed by atoms with Gasteiger partial charge in [0.15, 0.2) is 0 Å². The van der Waals surface area contributed by atoms with Crippen LogP contribution >= 0.6 is 8.58 Å². The van der Waals surface area contributed by atoms with Crippen molar-refractivity contribution < 1.29 is 4.74 Å². The number of aliphatic imine (C=N–C) groups is 1. The van der Waals surface area contributed by atoms with E-state index >= 15 is 0 Å². The number of methoxy groups -OCH3 is 1. The van der Waals surface area contributed by atoms with Gasteiger partial charge in [0.2, 0.25) is 0 Å². The number of aryl methyl sites for hydroxylation is 1. The molecule has 1 N–H and O–H groups in total. The van der Waals surface area contributed by atoms with E-state index in [0.29, 0.717) is 18.2 Å².